The molecule has 196 valence electrons. The summed E-state index contributed by atoms with van der Waals surface area (Å²) in [5, 5.41) is 28.9. The van der Waals surface area contributed by atoms with Gasteiger partial charge in [0.15, 0.2) is 0 Å². The van der Waals surface area contributed by atoms with Crippen molar-refractivity contribution in [1.82, 2.24) is 10.6 Å². The van der Waals surface area contributed by atoms with Crippen molar-refractivity contribution in [1.29, 1.82) is 5.26 Å². The Morgan fingerprint density at radius 3 is 2.00 bits per heavy atom. The zero-order chi connectivity index (χ0) is 28.8. The van der Waals surface area contributed by atoms with E-state index in [0.717, 1.165) is 0 Å². The average Bonchev–Trinajstić information content (AvgIpc) is 2.95. The Morgan fingerprint density at radius 1 is 1.05 bits per heavy atom. The molecule has 0 fully saturated rings. The summed E-state index contributed by atoms with van der Waals surface area (Å²) in [5.74, 6) is 4.92. The smallest absolute Gasteiger partial charge is 0.251 e. The van der Waals surface area contributed by atoms with Crippen LogP contribution in [0, 0.1) is 42.6 Å². The fourth-order valence-corrected chi connectivity index (χ4v) is 2.54. The molecule has 0 aromatic heterocycles. The number of phenolic OH excluding ortho intramolecular Hbond substituents is 1. The zero-order valence-corrected chi connectivity index (χ0v) is 21.3. The summed E-state index contributed by atoms with van der Waals surface area (Å²) in [6, 6.07) is 11.6. The second-order valence-corrected chi connectivity index (χ2v) is 6.78. The SMILES string of the molecule is C#CCNc1ccc(C(=O)NC)cc1O.C#CCNc1ccc(C(=O)NC)cc1OCCC#N.[C-]#[N+]C=C. The number of benzene rings is 2. The molecule has 0 saturated heterocycles. The molecule has 2 amide bonds. The summed E-state index contributed by atoms with van der Waals surface area (Å²) in [6.45, 7) is 10.0. The number of hydrogen-bond acceptors (Lipinski definition) is 7. The number of nitrogens with one attached hydrogen (secondary N) is 4. The van der Waals surface area contributed by atoms with Crippen LogP contribution in [0.1, 0.15) is 27.1 Å². The van der Waals surface area contributed by atoms with E-state index in [1.165, 1.54) is 19.3 Å². The number of nitrogens with zero attached hydrogens (tertiary/aromatic N) is 2. The number of anilines is 2. The lowest BCUT2D eigenvalue weighted by atomic mass is 10.1. The lowest BCUT2D eigenvalue weighted by molar-refractivity contribution is 0.0954. The van der Waals surface area contributed by atoms with Crippen molar-refractivity contribution in [2.75, 3.05) is 44.4 Å². The molecule has 0 radical (unpaired) electrons. The Labute approximate surface area is 223 Å². The van der Waals surface area contributed by atoms with Crippen LogP contribution < -0.4 is 26.0 Å². The maximum atomic E-state index is 11.5. The second kappa shape index (κ2) is 19.7. The Bertz CT molecular complexity index is 1250. The highest BCUT2D eigenvalue weighted by Gasteiger charge is 2.09. The van der Waals surface area contributed by atoms with E-state index < -0.39 is 0 Å². The first kappa shape index (κ1) is 32.4. The summed E-state index contributed by atoms with van der Waals surface area (Å²) in [6.07, 6.45) is 11.7. The van der Waals surface area contributed by atoms with E-state index >= 15 is 0 Å². The molecule has 0 atom stereocenters. The Balaban J connectivity index is 0.000000644. The predicted octanol–water partition coefficient (Wildman–Crippen LogP) is 3.23. The van der Waals surface area contributed by atoms with Crippen LogP contribution in [0.5, 0.6) is 11.5 Å². The normalized spacial score (nSPS) is 8.47. The van der Waals surface area contributed by atoms with Crippen LogP contribution in [0.3, 0.4) is 0 Å². The molecule has 2 aromatic carbocycles. The van der Waals surface area contributed by atoms with Crippen LogP contribution >= 0.6 is 0 Å². The number of aromatic hydroxyl groups is 1. The Morgan fingerprint density at radius 2 is 1.55 bits per heavy atom. The van der Waals surface area contributed by atoms with Crippen LogP contribution in [0.2, 0.25) is 0 Å². The van der Waals surface area contributed by atoms with E-state index in [-0.39, 0.29) is 30.6 Å². The van der Waals surface area contributed by atoms with E-state index in [4.69, 9.17) is 29.4 Å². The van der Waals surface area contributed by atoms with Crippen molar-refractivity contribution in [2.24, 2.45) is 0 Å². The number of nitriles is 1. The minimum atomic E-state index is -0.242. The second-order valence-electron chi connectivity index (χ2n) is 6.78. The quantitative estimate of drug-likeness (QED) is 0.150. The van der Waals surface area contributed by atoms with Crippen molar-refractivity contribution in [3.05, 3.63) is 71.7 Å². The molecular weight excluding hydrogens is 484 g/mol. The topological polar surface area (TPSA) is 140 Å². The molecule has 0 bridgehead atoms. The summed E-state index contributed by atoms with van der Waals surface area (Å²) >= 11 is 0. The van der Waals surface area contributed by atoms with Crippen LogP contribution in [0.15, 0.2) is 49.2 Å². The van der Waals surface area contributed by atoms with E-state index in [1.54, 1.807) is 37.4 Å². The van der Waals surface area contributed by atoms with Crippen LogP contribution in [0.25, 0.3) is 4.85 Å². The molecule has 0 heterocycles. The molecule has 0 saturated carbocycles. The molecular formula is C28H30N6O4. The van der Waals surface area contributed by atoms with Crippen molar-refractivity contribution in [3.8, 4) is 42.3 Å². The van der Waals surface area contributed by atoms with Gasteiger partial charge in [0.2, 0.25) is 0 Å². The summed E-state index contributed by atoms with van der Waals surface area (Å²) in [5.41, 5.74) is 2.10. The Hall–Kier alpha value is -5.58. The third-order valence-corrected chi connectivity index (χ3v) is 4.28. The maximum Gasteiger partial charge on any atom is 0.251 e. The van der Waals surface area contributed by atoms with Gasteiger partial charge in [-0.25, -0.2) is 4.85 Å². The number of carbonyl (C=O) groups excluding carboxylic acids is 2. The number of carbonyl (C=O) groups is 2. The van der Waals surface area contributed by atoms with E-state index in [2.05, 4.69) is 44.5 Å². The highest BCUT2D eigenvalue weighted by molar-refractivity contribution is 5.95. The zero-order valence-electron chi connectivity index (χ0n) is 21.3. The third-order valence-electron chi connectivity index (χ3n) is 4.28. The van der Waals surface area contributed by atoms with Gasteiger partial charge in [0.25, 0.3) is 11.8 Å². The molecule has 10 heteroatoms. The number of hydrogen-bond donors (Lipinski definition) is 5. The minimum Gasteiger partial charge on any atom is -0.506 e. The highest BCUT2D eigenvalue weighted by atomic mass is 16.5. The summed E-state index contributed by atoms with van der Waals surface area (Å²) in [7, 11) is 3.09. The third kappa shape index (κ3) is 12.2. The Kier molecular flexibility index (Phi) is 16.8. The first-order valence-corrected chi connectivity index (χ1v) is 11.1. The van der Waals surface area contributed by atoms with E-state index in [0.29, 0.717) is 41.3 Å². The van der Waals surface area contributed by atoms with Gasteiger partial charge in [-0.3, -0.25) is 9.59 Å². The lowest BCUT2D eigenvalue weighted by Crippen LogP contribution is -2.18. The highest BCUT2D eigenvalue weighted by Crippen LogP contribution is 2.26. The van der Waals surface area contributed by atoms with Gasteiger partial charge < -0.3 is 31.1 Å². The summed E-state index contributed by atoms with van der Waals surface area (Å²) < 4.78 is 5.48. The molecule has 10 nitrogen and oxygen atoms in total. The first-order chi connectivity index (χ1) is 18.3. The number of rotatable bonds is 9. The molecule has 0 aliphatic heterocycles. The van der Waals surface area contributed by atoms with Gasteiger partial charge in [0, 0.05) is 25.2 Å². The maximum absolute atomic E-state index is 11.5. The number of amides is 2. The van der Waals surface area contributed by atoms with Gasteiger partial charge in [-0.05, 0) is 36.4 Å². The van der Waals surface area contributed by atoms with Crippen molar-refractivity contribution in [3.63, 3.8) is 0 Å². The average molecular weight is 515 g/mol. The predicted molar refractivity (Wildman–Crippen MR) is 148 cm³/mol. The standard InChI is InChI=1S/C14H15N3O2.C11H12N2O2.C3H3N/c1-3-8-17-12-6-5-11(14(18)16-2)10-13(12)19-9-4-7-15;1-3-6-13-9-5-4-8(7-10(9)14)11(15)12-2;1-3-4-2/h1,5-6,10,17H,4,8-9H2,2H3,(H,16,18);1,4-5,7,13-14H,6H2,2H3,(H,12,15);3H,1H2. The van der Waals surface area contributed by atoms with E-state index in [1.807, 2.05) is 6.07 Å². The van der Waals surface area contributed by atoms with Gasteiger partial charge in [-0.2, -0.15) is 5.26 Å². The molecule has 5 N–H and O–H groups in total. The van der Waals surface area contributed by atoms with Crippen LogP contribution in [-0.2, 0) is 0 Å². The fourth-order valence-electron chi connectivity index (χ4n) is 2.54. The molecule has 38 heavy (non-hydrogen) atoms. The molecule has 0 aliphatic rings. The van der Waals surface area contributed by atoms with Gasteiger partial charge in [0.05, 0.1) is 43.5 Å². The van der Waals surface area contributed by atoms with E-state index in [9.17, 15) is 14.7 Å². The molecule has 0 unspecified atom stereocenters. The van der Waals surface area contributed by atoms with Crippen molar-refractivity contribution >= 4 is 23.2 Å². The molecule has 2 aromatic rings. The number of terminal acetylenes is 2. The van der Waals surface area contributed by atoms with Crippen LogP contribution in [0.4, 0.5) is 11.4 Å². The molecule has 2 rings (SSSR count). The van der Waals surface area contributed by atoms with Gasteiger partial charge in [-0.15, -0.1) is 19.4 Å². The summed E-state index contributed by atoms with van der Waals surface area (Å²) in [4.78, 5) is 25.5. The molecule has 0 aliphatic carbocycles. The van der Waals surface area contributed by atoms with Gasteiger partial charge in [0.1, 0.15) is 24.3 Å². The first-order valence-electron chi connectivity index (χ1n) is 11.1. The largest absolute Gasteiger partial charge is 0.506 e. The number of phenols is 1. The lowest BCUT2D eigenvalue weighted by Gasteiger charge is -2.12. The monoisotopic (exact) mass is 514 g/mol. The van der Waals surface area contributed by atoms with Crippen molar-refractivity contribution < 1.29 is 19.4 Å². The molecule has 0 spiro atoms. The van der Waals surface area contributed by atoms with Gasteiger partial charge in [-0.1, -0.05) is 11.8 Å². The van der Waals surface area contributed by atoms with Gasteiger partial charge >= 0.3 is 0 Å². The van der Waals surface area contributed by atoms with Crippen molar-refractivity contribution in [2.45, 2.75) is 6.42 Å². The minimum absolute atomic E-state index is 0.00588. The number of ether oxygens (including phenoxy) is 1. The fraction of sp³-hybridized carbons (Fsp3) is 0.214. The van der Waals surface area contributed by atoms with Crippen LogP contribution in [-0.4, -0.2) is 50.7 Å².